The molecule has 102 valence electrons. The van der Waals surface area contributed by atoms with E-state index in [1.54, 1.807) is 30.0 Å². The van der Waals surface area contributed by atoms with Gasteiger partial charge in [0.2, 0.25) is 0 Å². The molecule has 0 bridgehead atoms. The minimum Gasteiger partial charge on any atom is -0.478 e. The van der Waals surface area contributed by atoms with Crippen molar-refractivity contribution in [1.29, 1.82) is 0 Å². The Labute approximate surface area is 112 Å². The average Bonchev–Trinajstić information content (AvgIpc) is 2.40. The van der Waals surface area contributed by atoms with E-state index >= 15 is 0 Å². The molecule has 0 aliphatic carbocycles. The minimum absolute atomic E-state index is 0.0785. The first kappa shape index (κ1) is 13.4. The standard InChI is InChI=1S/C14H18N2O3/c1-4-16(5-2)14(18)10-7-6-8-11-12(10)19-9(3)13(17)15-11/h6-9H,4-5H2,1-3H3,(H,15,17). The van der Waals surface area contributed by atoms with Crippen molar-refractivity contribution in [3.05, 3.63) is 23.8 Å². The van der Waals surface area contributed by atoms with Crippen LogP contribution in [0.25, 0.3) is 0 Å². The van der Waals surface area contributed by atoms with Crippen molar-refractivity contribution in [3.8, 4) is 5.75 Å². The van der Waals surface area contributed by atoms with Crippen LogP contribution in [-0.2, 0) is 4.79 Å². The largest absolute Gasteiger partial charge is 0.478 e. The van der Waals surface area contributed by atoms with Crippen LogP contribution in [0.4, 0.5) is 5.69 Å². The van der Waals surface area contributed by atoms with Crippen LogP contribution in [-0.4, -0.2) is 35.9 Å². The number of fused-ring (bicyclic) bond motifs is 1. The zero-order chi connectivity index (χ0) is 14.0. The molecule has 1 aliphatic rings. The van der Waals surface area contributed by atoms with Crippen LogP contribution in [0.15, 0.2) is 18.2 Å². The van der Waals surface area contributed by atoms with Crippen molar-refractivity contribution in [2.75, 3.05) is 18.4 Å². The highest BCUT2D eigenvalue weighted by molar-refractivity contribution is 6.03. The number of para-hydroxylation sites is 1. The number of hydrogen-bond acceptors (Lipinski definition) is 3. The molecule has 1 N–H and O–H groups in total. The van der Waals surface area contributed by atoms with Crippen LogP contribution >= 0.6 is 0 Å². The number of rotatable bonds is 3. The molecule has 0 fully saturated rings. The van der Waals surface area contributed by atoms with E-state index < -0.39 is 6.10 Å². The number of carbonyl (C=O) groups excluding carboxylic acids is 2. The quantitative estimate of drug-likeness (QED) is 0.905. The molecule has 0 saturated carbocycles. The molecular formula is C14H18N2O3. The zero-order valence-corrected chi connectivity index (χ0v) is 11.4. The van der Waals surface area contributed by atoms with Crippen LogP contribution in [0.2, 0.25) is 0 Å². The fourth-order valence-electron chi connectivity index (χ4n) is 2.08. The summed E-state index contributed by atoms with van der Waals surface area (Å²) in [7, 11) is 0. The predicted octanol–water partition coefficient (Wildman–Crippen LogP) is 1.89. The predicted molar refractivity (Wildman–Crippen MR) is 72.4 cm³/mol. The number of nitrogens with zero attached hydrogens (tertiary/aromatic N) is 1. The molecule has 2 amide bonds. The van der Waals surface area contributed by atoms with Gasteiger partial charge in [-0.1, -0.05) is 6.07 Å². The normalized spacial score (nSPS) is 17.2. The summed E-state index contributed by atoms with van der Waals surface area (Å²) in [6.07, 6.45) is -0.585. The van der Waals surface area contributed by atoms with Gasteiger partial charge in [0.25, 0.3) is 11.8 Å². The van der Waals surface area contributed by atoms with E-state index in [4.69, 9.17) is 4.74 Å². The molecular weight excluding hydrogens is 244 g/mol. The molecule has 0 radical (unpaired) electrons. The summed E-state index contributed by atoms with van der Waals surface area (Å²) in [4.78, 5) is 25.7. The van der Waals surface area contributed by atoms with E-state index in [-0.39, 0.29) is 11.8 Å². The van der Waals surface area contributed by atoms with E-state index in [2.05, 4.69) is 5.32 Å². The van der Waals surface area contributed by atoms with Gasteiger partial charge in [-0.2, -0.15) is 0 Å². The molecule has 0 spiro atoms. The molecule has 1 aliphatic heterocycles. The van der Waals surface area contributed by atoms with Gasteiger partial charge in [0.05, 0.1) is 11.3 Å². The third-order valence-electron chi connectivity index (χ3n) is 3.22. The number of hydrogen-bond donors (Lipinski definition) is 1. The summed E-state index contributed by atoms with van der Waals surface area (Å²) >= 11 is 0. The maximum absolute atomic E-state index is 12.4. The third kappa shape index (κ3) is 2.41. The Balaban J connectivity index is 2.41. The first-order valence-corrected chi connectivity index (χ1v) is 6.48. The summed E-state index contributed by atoms with van der Waals surface area (Å²) in [6, 6.07) is 5.21. The second-order valence-electron chi connectivity index (χ2n) is 4.41. The fourth-order valence-corrected chi connectivity index (χ4v) is 2.08. The molecule has 1 atom stereocenters. The van der Waals surface area contributed by atoms with Crippen LogP contribution in [0, 0.1) is 0 Å². The smallest absolute Gasteiger partial charge is 0.265 e. The van der Waals surface area contributed by atoms with Gasteiger partial charge in [-0.05, 0) is 32.9 Å². The Morgan fingerprint density at radius 1 is 1.37 bits per heavy atom. The molecule has 1 heterocycles. The molecule has 5 heteroatoms. The van der Waals surface area contributed by atoms with Crippen molar-refractivity contribution < 1.29 is 14.3 Å². The summed E-state index contributed by atoms with van der Waals surface area (Å²) < 4.78 is 5.58. The monoisotopic (exact) mass is 262 g/mol. The van der Waals surface area contributed by atoms with Crippen LogP contribution in [0.3, 0.4) is 0 Å². The summed E-state index contributed by atoms with van der Waals surface area (Å²) in [6.45, 7) is 6.81. The van der Waals surface area contributed by atoms with Gasteiger partial charge in [0.1, 0.15) is 0 Å². The van der Waals surface area contributed by atoms with Gasteiger partial charge in [-0.25, -0.2) is 0 Å². The third-order valence-corrected chi connectivity index (χ3v) is 3.22. The van der Waals surface area contributed by atoms with Crippen molar-refractivity contribution in [3.63, 3.8) is 0 Å². The molecule has 5 nitrogen and oxygen atoms in total. The summed E-state index contributed by atoms with van der Waals surface area (Å²) in [5.74, 6) is 0.191. The number of ether oxygens (including phenoxy) is 1. The van der Waals surface area contributed by atoms with E-state index in [0.717, 1.165) is 0 Å². The fraction of sp³-hybridized carbons (Fsp3) is 0.429. The molecule has 0 aromatic heterocycles. The van der Waals surface area contributed by atoms with Gasteiger partial charge in [0.15, 0.2) is 11.9 Å². The topological polar surface area (TPSA) is 58.6 Å². The lowest BCUT2D eigenvalue weighted by Crippen LogP contribution is -2.36. The minimum atomic E-state index is -0.585. The number of nitrogens with one attached hydrogen (secondary N) is 1. The molecule has 1 aromatic rings. The highest BCUT2D eigenvalue weighted by atomic mass is 16.5. The van der Waals surface area contributed by atoms with E-state index in [1.165, 1.54) is 0 Å². The Kier molecular flexibility index (Phi) is 3.74. The highest BCUT2D eigenvalue weighted by Crippen LogP contribution is 2.33. The van der Waals surface area contributed by atoms with Gasteiger partial charge >= 0.3 is 0 Å². The van der Waals surface area contributed by atoms with Gasteiger partial charge in [-0.3, -0.25) is 9.59 Å². The van der Waals surface area contributed by atoms with Crippen molar-refractivity contribution in [1.82, 2.24) is 4.90 Å². The van der Waals surface area contributed by atoms with Crippen molar-refractivity contribution in [2.45, 2.75) is 26.9 Å². The lowest BCUT2D eigenvalue weighted by molar-refractivity contribution is -0.122. The molecule has 1 aromatic carbocycles. The second kappa shape index (κ2) is 5.30. The zero-order valence-electron chi connectivity index (χ0n) is 11.4. The molecule has 0 saturated heterocycles. The van der Waals surface area contributed by atoms with E-state index in [0.29, 0.717) is 30.1 Å². The number of amides is 2. The first-order valence-electron chi connectivity index (χ1n) is 6.48. The number of anilines is 1. The average molecular weight is 262 g/mol. The number of carbonyl (C=O) groups is 2. The number of benzene rings is 1. The van der Waals surface area contributed by atoms with E-state index in [9.17, 15) is 9.59 Å². The van der Waals surface area contributed by atoms with Gasteiger partial charge < -0.3 is 15.0 Å². The maximum Gasteiger partial charge on any atom is 0.265 e. The Hall–Kier alpha value is -2.04. The Bertz CT molecular complexity index is 509. The summed E-state index contributed by atoms with van der Waals surface area (Å²) in [5.41, 5.74) is 1.05. The Morgan fingerprint density at radius 3 is 2.68 bits per heavy atom. The summed E-state index contributed by atoms with van der Waals surface area (Å²) in [5, 5.41) is 2.75. The van der Waals surface area contributed by atoms with Gasteiger partial charge in [0, 0.05) is 13.1 Å². The van der Waals surface area contributed by atoms with Crippen LogP contribution in [0.5, 0.6) is 5.75 Å². The molecule has 2 rings (SSSR count). The Morgan fingerprint density at radius 2 is 2.05 bits per heavy atom. The van der Waals surface area contributed by atoms with Crippen LogP contribution in [0.1, 0.15) is 31.1 Å². The second-order valence-corrected chi connectivity index (χ2v) is 4.41. The van der Waals surface area contributed by atoms with Gasteiger partial charge in [-0.15, -0.1) is 0 Å². The molecule has 19 heavy (non-hydrogen) atoms. The first-order chi connectivity index (χ1) is 9.08. The van der Waals surface area contributed by atoms with Crippen molar-refractivity contribution in [2.24, 2.45) is 0 Å². The SMILES string of the molecule is CCN(CC)C(=O)c1cccc2c1OC(C)C(=O)N2. The molecule has 1 unspecified atom stereocenters. The highest BCUT2D eigenvalue weighted by Gasteiger charge is 2.28. The maximum atomic E-state index is 12.4. The van der Waals surface area contributed by atoms with E-state index in [1.807, 2.05) is 13.8 Å². The van der Waals surface area contributed by atoms with Crippen molar-refractivity contribution >= 4 is 17.5 Å². The lowest BCUT2D eigenvalue weighted by Gasteiger charge is -2.27. The lowest BCUT2D eigenvalue weighted by atomic mass is 10.1. The van der Waals surface area contributed by atoms with Crippen LogP contribution < -0.4 is 10.1 Å².